The van der Waals surface area contributed by atoms with Gasteiger partial charge < -0.3 is 15.2 Å². The molecule has 1 fully saturated rings. The lowest BCUT2D eigenvalue weighted by Gasteiger charge is -2.30. The van der Waals surface area contributed by atoms with Gasteiger partial charge in [-0.2, -0.15) is 0 Å². The summed E-state index contributed by atoms with van der Waals surface area (Å²) in [5, 5.41) is 11.5. The number of carboxylic acids is 1. The number of carbonyl (C=O) groups is 2. The number of carbonyl (C=O) groups excluding carboxylic acids is 1. The summed E-state index contributed by atoms with van der Waals surface area (Å²) in [6, 6.07) is 9.97. The molecule has 1 aromatic carbocycles. The zero-order chi connectivity index (χ0) is 14.4. The normalized spacial score (nSPS) is 22.2. The summed E-state index contributed by atoms with van der Waals surface area (Å²) in [7, 11) is 0. The minimum atomic E-state index is -0.950. The quantitative estimate of drug-likeness (QED) is 0.861. The first kappa shape index (κ1) is 14.5. The maximum atomic E-state index is 11.6. The highest BCUT2D eigenvalue weighted by Crippen LogP contribution is 2.27. The summed E-state index contributed by atoms with van der Waals surface area (Å²) in [6.45, 7) is 0.601. The Kier molecular flexibility index (Phi) is 5.12. The molecule has 0 spiro atoms. The second-order valence-electron chi connectivity index (χ2n) is 4.95. The van der Waals surface area contributed by atoms with Gasteiger partial charge in [-0.05, 0) is 18.4 Å². The van der Waals surface area contributed by atoms with Gasteiger partial charge in [0.25, 0.3) is 0 Å². The second-order valence-corrected chi connectivity index (χ2v) is 4.95. The van der Waals surface area contributed by atoms with Crippen LogP contribution < -0.4 is 5.32 Å². The van der Waals surface area contributed by atoms with Crippen molar-refractivity contribution in [3.8, 4) is 0 Å². The highest BCUT2D eigenvalue weighted by Gasteiger charge is 2.24. The molecule has 108 valence electrons. The topological polar surface area (TPSA) is 75.6 Å². The van der Waals surface area contributed by atoms with Gasteiger partial charge in [-0.3, -0.25) is 9.59 Å². The van der Waals surface area contributed by atoms with Crippen molar-refractivity contribution in [1.29, 1.82) is 0 Å². The van der Waals surface area contributed by atoms with E-state index < -0.39 is 5.97 Å². The molecule has 5 heteroatoms. The summed E-state index contributed by atoms with van der Waals surface area (Å²) in [6.07, 6.45) is 1.39. The fourth-order valence-electron chi connectivity index (χ4n) is 2.35. The van der Waals surface area contributed by atoms with Crippen LogP contribution >= 0.6 is 0 Å². The predicted octanol–water partition coefficient (Wildman–Crippen LogP) is 1.89. The third kappa shape index (κ3) is 4.35. The van der Waals surface area contributed by atoms with E-state index in [9.17, 15) is 9.59 Å². The molecule has 1 amide bonds. The number of amides is 1. The van der Waals surface area contributed by atoms with E-state index in [4.69, 9.17) is 9.84 Å². The van der Waals surface area contributed by atoms with Gasteiger partial charge in [0.2, 0.25) is 5.91 Å². The number of benzene rings is 1. The molecule has 0 saturated carbocycles. The third-order valence-electron chi connectivity index (χ3n) is 3.39. The molecule has 2 rings (SSSR count). The van der Waals surface area contributed by atoms with Crippen LogP contribution in [0.5, 0.6) is 0 Å². The first-order chi connectivity index (χ1) is 9.65. The molecule has 1 aliphatic rings. The zero-order valence-electron chi connectivity index (χ0n) is 11.2. The average Bonchev–Trinajstić information content (AvgIpc) is 2.46. The Morgan fingerprint density at radius 1 is 1.25 bits per heavy atom. The standard InChI is InChI=1S/C15H19NO4/c17-14(6-7-15(18)19)16-12-8-9-20-13(10-12)11-4-2-1-3-5-11/h1-5,12-13H,6-10H2,(H,16,17)(H,18,19). The van der Waals surface area contributed by atoms with Gasteiger partial charge in [-0.1, -0.05) is 30.3 Å². The molecule has 1 saturated heterocycles. The molecule has 0 radical (unpaired) electrons. The van der Waals surface area contributed by atoms with E-state index in [-0.39, 0.29) is 30.9 Å². The minimum absolute atomic E-state index is 0.00489. The SMILES string of the molecule is O=C(O)CCC(=O)NC1CCOC(c2ccccc2)C1. The van der Waals surface area contributed by atoms with Gasteiger partial charge in [0, 0.05) is 19.1 Å². The van der Waals surface area contributed by atoms with E-state index in [0.717, 1.165) is 18.4 Å². The molecule has 20 heavy (non-hydrogen) atoms. The van der Waals surface area contributed by atoms with E-state index in [1.807, 2.05) is 30.3 Å². The lowest BCUT2D eigenvalue weighted by Crippen LogP contribution is -2.39. The fourth-order valence-corrected chi connectivity index (χ4v) is 2.35. The monoisotopic (exact) mass is 277 g/mol. The zero-order valence-corrected chi connectivity index (χ0v) is 11.2. The molecule has 0 bridgehead atoms. The van der Waals surface area contributed by atoms with Crippen LogP contribution in [-0.4, -0.2) is 29.6 Å². The number of aliphatic carboxylic acids is 1. The number of nitrogens with one attached hydrogen (secondary N) is 1. The average molecular weight is 277 g/mol. The molecule has 0 aliphatic carbocycles. The molecule has 1 heterocycles. The first-order valence-electron chi connectivity index (χ1n) is 6.83. The molecule has 1 aromatic rings. The van der Waals surface area contributed by atoms with Crippen LogP contribution in [0, 0.1) is 0 Å². The second kappa shape index (κ2) is 7.05. The van der Waals surface area contributed by atoms with Crippen molar-refractivity contribution in [3.05, 3.63) is 35.9 Å². The van der Waals surface area contributed by atoms with E-state index in [0.29, 0.717) is 6.61 Å². The van der Waals surface area contributed by atoms with E-state index in [1.54, 1.807) is 0 Å². The van der Waals surface area contributed by atoms with Gasteiger partial charge >= 0.3 is 5.97 Å². The minimum Gasteiger partial charge on any atom is -0.481 e. The number of hydrogen-bond donors (Lipinski definition) is 2. The predicted molar refractivity (Wildman–Crippen MR) is 73.2 cm³/mol. The Bertz CT molecular complexity index is 460. The van der Waals surface area contributed by atoms with Gasteiger partial charge in [0.15, 0.2) is 0 Å². The van der Waals surface area contributed by atoms with E-state index >= 15 is 0 Å². The number of carboxylic acid groups (broad SMARTS) is 1. The van der Waals surface area contributed by atoms with Crippen molar-refractivity contribution >= 4 is 11.9 Å². The van der Waals surface area contributed by atoms with Crippen molar-refractivity contribution in [2.45, 2.75) is 37.8 Å². The lowest BCUT2D eigenvalue weighted by molar-refractivity contribution is -0.139. The van der Waals surface area contributed by atoms with Crippen LogP contribution in [0.15, 0.2) is 30.3 Å². The van der Waals surface area contributed by atoms with Crippen LogP contribution in [0.25, 0.3) is 0 Å². The van der Waals surface area contributed by atoms with Gasteiger partial charge in [0.05, 0.1) is 12.5 Å². The Labute approximate surface area is 117 Å². The molecular formula is C15H19NO4. The lowest BCUT2D eigenvalue weighted by atomic mass is 9.97. The van der Waals surface area contributed by atoms with Crippen LogP contribution in [-0.2, 0) is 14.3 Å². The van der Waals surface area contributed by atoms with Crippen molar-refractivity contribution in [2.75, 3.05) is 6.61 Å². The molecule has 2 N–H and O–H groups in total. The van der Waals surface area contributed by atoms with Crippen molar-refractivity contribution in [2.24, 2.45) is 0 Å². The van der Waals surface area contributed by atoms with Crippen molar-refractivity contribution < 1.29 is 19.4 Å². The largest absolute Gasteiger partial charge is 0.481 e. The number of ether oxygens (including phenoxy) is 1. The highest BCUT2D eigenvalue weighted by molar-refractivity contribution is 5.80. The fraction of sp³-hybridized carbons (Fsp3) is 0.467. The van der Waals surface area contributed by atoms with Crippen LogP contribution in [0.4, 0.5) is 0 Å². The highest BCUT2D eigenvalue weighted by atomic mass is 16.5. The van der Waals surface area contributed by atoms with Crippen molar-refractivity contribution in [1.82, 2.24) is 5.32 Å². The molecular weight excluding hydrogens is 258 g/mol. The molecule has 2 unspecified atom stereocenters. The first-order valence-corrected chi connectivity index (χ1v) is 6.83. The summed E-state index contributed by atoms with van der Waals surface area (Å²) < 4.78 is 5.73. The van der Waals surface area contributed by atoms with Gasteiger partial charge in [-0.25, -0.2) is 0 Å². The van der Waals surface area contributed by atoms with Gasteiger partial charge in [-0.15, -0.1) is 0 Å². The summed E-state index contributed by atoms with van der Waals surface area (Å²) >= 11 is 0. The van der Waals surface area contributed by atoms with E-state index in [2.05, 4.69) is 5.32 Å². The molecule has 5 nitrogen and oxygen atoms in total. The number of rotatable bonds is 5. The number of hydrogen-bond acceptors (Lipinski definition) is 3. The van der Waals surface area contributed by atoms with Crippen LogP contribution in [0.3, 0.4) is 0 Å². The molecule has 2 atom stereocenters. The summed E-state index contributed by atoms with van der Waals surface area (Å²) in [5.74, 6) is -1.15. The Morgan fingerprint density at radius 3 is 2.70 bits per heavy atom. The van der Waals surface area contributed by atoms with Crippen LogP contribution in [0.1, 0.15) is 37.4 Å². The third-order valence-corrected chi connectivity index (χ3v) is 3.39. The smallest absolute Gasteiger partial charge is 0.303 e. The van der Waals surface area contributed by atoms with Crippen LogP contribution in [0.2, 0.25) is 0 Å². The maximum absolute atomic E-state index is 11.6. The Balaban J connectivity index is 1.84. The Morgan fingerprint density at radius 2 is 2.00 bits per heavy atom. The van der Waals surface area contributed by atoms with Crippen molar-refractivity contribution in [3.63, 3.8) is 0 Å². The maximum Gasteiger partial charge on any atom is 0.303 e. The summed E-state index contributed by atoms with van der Waals surface area (Å²) in [5.41, 5.74) is 1.11. The molecule has 1 aliphatic heterocycles. The molecule has 0 aromatic heterocycles. The van der Waals surface area contributed by atoms with E-state index in [1.165, 1.54) is 0 Å². The Hall–Kier alpha value is -1.88. The van der Waals surface area contributed by atoms with Gasteiger partial charge in [0.1, 0.15) is 0 Å². The summed E-state index contributed by atoms with van der Waals surface area (Å²) in [4.78, 5) is 22.1.